The molecule has 23 heavy (non-hydrogen) atoms. The standard InChI is InChI=1S/C17H20ClNO3.ClH/c1-20-15-9-8-13(16(21-2)17(15)22-3)11-19-10-12-6-4-5-7-14(12)18;/h4-9,19H,10-11H2,1-3H3;1H. The molecule has 0 saturated heterocycles. The number of ether oxygens (including phenoxy) is 3. The molecular formula is C17H21Cl2NO3. The van der Waals surface area contributed by atoms with E-state index in [-0.39, 0.29) is 12.4 Å². The molecule has 0 radical (unpaired) electrons. The summed E-state index contributed by atoms with van der Waals surface area (Å²) in [5.74, 6) is 1.92. The van der Waals surface area contributed by atoms with Gasteiger partial charge in [0.15, 0.2) is 11.5 Å². The van der Waals surface area contributed by atoms with Gasteiger partial charge < -0.3 is 19.5 Å². The number of nitrogens with one attached hydrogen (secondary N) is 1. The van der Waals surface area contributed by atoms with E-state index in [1.165, 1.54) is 0 Å². The minimum atomic E-state index is 0. The first-order chi connectivity index (χ1) is 10.7. The van der Waals surface area contributed by atoms with E-state index in [2.05, 4.69) is 5.32 Å². The maximum absolute atomic E-state index is 6.15. The van der Waals surface area contributed by atoms with Crippen molar-refractivity contribution in [2.24, 2.45) is 0 Å². The number of benzene rings is 2. The molecule has 0 aliphatic heterocycles. The molecule has 126 valence electrons. The maximum Gasteiger partial charge on any atom is 0.203 e. The fourth-order valence-electron chi connectivity index (χ4n) is 2.28. The molecule has 0 fully saturated rings. The summed E-state index contributed by atoms with van der Waals surface area (Å²) in [6.45, 7) is 1.31. The van der Waals surface area contributed by atoms with Crippen LogP contribution in [-0.2, 0) is 13.1 Å². The maximum atomic E-state index is 6.15. The van der Waals surface area contributed by atoms with E-state index in [1.54, 1.807) is 21.3 Å². The van der Waals surface area contributed by atoms with Gasteiger partial charge in [-0.3, -0.25) is 0 Å². The van der Waals surface area contributed by atoms with Gasteiger partial charge in [0.1, 0.15) is 0 Å². The minimum absolute atomic E-state index is 0. The van der Waals surface area contributed by atoms with E-state index >= 15 is 0 Å². The molecule has 0 unspecified atom stereocenters. The highest BCUT2D eigenvalue weighted by molar-refractivity contribution is 6.31. The van der Waals surface area contributed by atoms with E-state index < -0.39 is 0 Å². The van der Waals surface area contributed by atoms with Crippen LogP contribution in [0.3, 0.4) is 0 Å². The predicted molar refractivity (Wildman–Crippen MR) is 95.3 cm³/mol. The Morgan fingerprint density at radius 1 is 0.826 bits per heavy atom. The minimum Gasteiger partial charge on any atom is -0.493 e. The van der Waals surface area contributed by atoms with E-state index in [0.29, 0.717) is 30.3 Å². The molecule has 0 aliphatic rings. The zero-order valence-corrected chi connectivity index (χ0v) is 15.0. The average molecular weight is 358 g/mol. The van der Waals surface area contributed by atoms with Crippen LogP contribution in [0, 0.1) is 0 Å². The van der Waals surface area contributed by atoms with Crippen molar-refractivity contribution in [3.05, 3.63) is 52.5 Å². The molecule has 4 nitrogen and oxygen atoms in total. The molecule has 1 N–H and O–H groups in total. The van der Waals surface area contributed by atoms with Crippen molar-refractivity contribution in [1.82, 2.24) is 5.32 Å². The molecule has 2 aromatic carbocycles. The second kappa shape index (κ2) is 9.50. The fraction of sp³-hybridized carbons (Fsp3) is 0.294. The number of methoxy groups -OCH3 is 3. The van der Waals surface area contributed by atoms with Crippen LogP contribution in [0.4, 0.5) is 0 Å². The summed E-state index contributed by atoms with van der Waals surface area (Å²) < 4.78 is 16.1. The van der Waals surface area contributed by atoms with Gasteiger partial charge >= 0.3 is 0 Å². The van der Waals surface area contributed by atoms with Gasteiger partial charge in [0.25, 0.3) is 0 Å². The largest absolute Gasteiger partial charge is 0.493 e. The number of rotatable bonds is 7. The van der Waals surface area contributed by atoms with Gasteiger partial charge in [-0.25, -0.2) is 0 Å². The van der Waals surface area contributed by atoms with E-state index in [1.807, 2.05) is 36.4 Å². The summed E-state index contributed by atoms with van der Waals surface area (Å²) in [6, 6.07) is 11.6. The molecule has 0 atom stereocenters. The summed E-state index contributed by atoms with van der Waals surface area (Å²) in [4.78, 5) is 0. The van der Waals surface area contributed by atoms with Crippen LogP contribution in [0.15, 0.2) is 36.4 Å². The van der Waals surface area contributed by atoms with E-state index in [9.17, 15) is 0 Å². The summed E-state index contributed by atoms with van der Waals surface area (Å²) >= 11 is 6.15. The second-order valence-electron chi connectivity index (χ2n) is 4.69. The van der Waals surface area contributed by atoms with Gasteiger partial charge in [0.05, 0.1) is 21.3 Å². The zero-order valence-electron chi connectivity index (χ0n) is 13.4. The average Bonchev–Trinajstić information content (AvgIpc) is 2.55. The molecule has 0 heterocycles. The van der Waals surface area contributed by atoms with Crippen LogP contribution in [0.2, 0.25) is 5.02 Å². The molecule has 2 aromatic rings. The van der Waals surface area contributed by atoms with Gasteiger partial charge in [-0.2, -0.15) is 0 Å². The molecule has 0 aromatic heterocycles. The summed E-state index contributed by atoms with van der Waals surface area (Å²) in [6.07, 6.45) is 0. The lowest BCUT2D eigenvalue weighted by Crippen LogP contribution is -2.14. The molecule has 0 spiro atoms. The first-order valence-electron chi connectivity index (χ1n) is 6.93. The van der Waals surface area contributed by atoms with Crippen molar-refractivity contribution < 1.29 is 14.2 Å². The SMILES string of the molecule is COc1ccc(CNCc2ccccc2Cl)c(OC)c1OC.Cl. The van der Waals surface area contributed by atoms with Crippen molar-refractivity contribution in [2.75, 3.05) is 21.3 Å². The second-order valence-corrected chi connectivity index (χ2v) is 5.10. The van der Waals surface area contributed by atoms with Crippen molar-refractivity contribution in [1.29, 1.82) is 0 Å². The van der Waals surface area contributed by atoms with Gasteiger partial charge in [0.2, 0.25) is 5.75 Å². The lowest BCUT2D eigenvalue weighted by Gasteiger charge is -2.16. The third-order valence-electron chi connectivity index (χ3n) is 3.37. The number of halogens is 2. The van der Waals surface area contributed by atoms with Gasteiger partial charge in [-0.05, 0) is 17.7 Å². The Bertz CT molecular complexity index is 635. The Kier molecular flexibility index (Phi) is 8.03. The van der Waals surface area contributed by atoms with Gasteiger partial charge in [-0.1, -0.05) is 35.9 Å². The molecule has 0 amide bonds. The Hall–Kier alpha value is -1.62. The molecule has 2 rings (SSSR count). The summed E-state index contributed by atoms with van der Waals surface area (Å²) in [7, 11) is 4.82. The predicted octanol–water partition coefficient (Wildman–Crippen LogP) is 4.08. The molecule has 6 heteroatoms. The summed E-state index contributed by atoms with van der Waals surface area (Å²) in [5, 5.41) is 4.12. The van der Waals surface area contributed by atoms with Gasteiger partial charge in [0, 0.05) is 23.7 Å². The molecule has 0 bridgehead atoms. The van der Waals surface area contributed by atoms with Crippen LogP contribution < -0.4 is 19.5 Å². The number of hydrogen-bond donors (Lipinski definition) is 1. The van der Waals surface area contributed by atoms with Crippen molar-refractivity contribution in [3.8, 4) is 17.2 Å². The van der Waals surface area contributed by atoms with Crippen molar-refractivity contribution >= 4 is 24.0 Å². The Balaban J connectivity index is 0.00000264. The monoisotopic (exact) mass is 357 g/mol. The van der Waals surface area contributed by atoms with Crippen molar-refractivity contribution in [3.63, 3.8) is 0 Å². The first kappa shape index (κ1) is 19.4. The Labute approximate surface area is 148 Å². The third kappa shape index (κ3) is 4.67. The Morgan fingerprint density at radius 3 is 2.09 bits per heavy atom. The smallest absolute Gasteiger partial charge is 0.203 e. The quantitative estimate of drug-likeness (QED) is 0.810. The van der Waals surface area contributed by atoms with Crippen LogP contribution >= 0.6 is 24.0 Å². The highest BCUT2D eigenvalue weighted by atomic mass is 35.5. The van der Waals surface area contributed by atoms with Gasteiger partial charge in [-0.15, -0.1) is 12.4 Å². The topological polar surface area (TPSA) is 39.7 Å². The third-order valence-corrected chi connectivity index (χ3v) is 3.74. The molecule has 0 saturated carbocycles. The summed E-state index contributed by atoms with van der Waals surface area (Å²) in [5.41, 5.74) is 2.05. The van der Waals surface area contributed by atoms with Crippen molar-refractivity contribution in [2.45, 2.75) is 13.1 Å². The van der Waals surface area contributed by atoms with Crippen LogP contribution in [0.5, 0.6) is 17.2 Å². The lowest BCUT2D eigenvalue weighted by atomic mass is 10.1. The van der Waals surface area contributed by atoms with Crippen LogP contribution in [0.1, 0.15) is 11.1 Å². The van der Waals surface area contributed by atoms with Crippen LogP contribution in [-0.4, -0.2) is 21.3 Å². The zero-order chi connectivity index (χ0) is 15.9. The lowest BCUT2D eigenvalue weighted by molar-refractivity contribution is 0.321. The highest BCUT2D eigenvalue weighted by Crippen LogP contribution is 2.39. The molecule has 0 aliphatic carbocycles. The normalized spacial score (nSPS) is 9.91. The highest BCUT2D eigenvalue weighted by Gasteiger charge is 2.15. The Morgan fingerprint density at radius 2 is 1.48 bits per heavy atom. The van der Waals surface area contributed by atoms with E-state index in [4.69, 9.17) is 25.8 Å². The van der Waals surface area contributed by atoms with E-state index in [0.717, 1.165) is 16.1 Å². The number of hydrogen-bond acceptors (Lipinski definition) is 4. The first-order valence-corrected chi connectivity index (χ1v) is 7.31. The molecular weight excluding hydrogens is 337 g/mol. The fourth-order valence-corrected chi connectivity index (χ4v) is 2.48. The van der Waals surface area contributed by atoms with Crippen LogP contribution in [0.25, 0.3) is 0 Å².